The quantitative estimate of drug-likeness (QED) is 0.677. The number of alkyl halides is 3. The molecule has 0 spiro atoms. The predicted molar refractivity (Wildman–Crippen MR) is 90.2 cm³/mol. The molecule has 0 aliphatic carbocycles. The van der Waals surface area contributed by atoms with Gasteiger partial charge in [-0.2, -0.15) is 13.2 Å². The smallest absolute Gasteiger partial charge is 0.374 e. The van der Waals surface area contributed by atoms with Crippen LogP contribution >= 0.6 is 0 Å². The third-order valence-corrected chi connectivity index (χ3v) is 5.12. The van der Waals surface area contributed by atoms with Crippen LogP contribution in [0, 0.1) is 11.8 Å². The first-order valence-corrected chi connectivity index (χ1v) is 8.89. The lowest BCUT2D eigenvalue weighted by Crippen LogP contribution is -2.46. The molecule has 2 heterocycles. The third-order valence-electron chi connectivity index (χ3n) is 5.12. The van der Waals surface area contributed by atoms with Gasteiger partial charge in [-0.1, -0.05) is 6.92 Å². The number of rotatable bonds is 7. The maximum Gasteiger partial charge on any atom is 0.424 e. The van der Waals surface area contributed by atoms with Crippen molar-refractivity contribution in [2.75, 3.05) is 19.6 Å². The zero-order valence-electron chi connectivity index (χ0n) is 15.1. The maximum absolute atomic E-state index is 13.4. The summed E-state index contributed by atoms with van der Waals surface area (Å²) < 4.78 is 41.3. The average Bonchev–Trinajstić information content (AvgIpc) is 3.01. The van der Waals surface area contributed by atoms with Crippen molar-refractivity contribution in [2.45, 2.75) is 44.4 Å². The van der Waals surface area contributed by atoms with E-state index in [9.17, 15) is 23.1 Å². The first-order valence-electron chi connectivity index (χ1n) is 8.89. The summed E-state index contributed by atoms with van der Waals surface area (Å²) in [5.41, 5.74) is -3.10. The molecule has 1 fully saturated rings. The molecule has 148 valence electrons. The molecule has 0 bridgehead atoms. The van der Waals surface area contributed by atoms with Gasteiger partial charge in [-0.05, 0) is 37.8 Å². The minimum Gasteiger partial charge on any atom is -0.374 e. The monoisotopic (exact) mass is 376 g/mol. The van der Waals surface area contributed by atoms with Crippen molar-refractivity contribution in [3.05, 3.63) is 18.2 Å². The Hall–Kier alpha value is -1.61. The van der Waals surface area contributed by atoms with E-state index in [1.165, 1.54) is 19.4 Å². The number of aryl methyl sites for hydroxylation is 1. The highest BCUT2D eigenvalue weighted by atomic mass is 19.4. The van der Waals surface area contributed by atoms with Crippen LogP contribution in [-0.4, -0.2) is 46.4 Å². The fourth-order valence-electron chi connectivity index (χ4n) is 3.42. The van der Waals surface area contributed by atoms with Gasteiger partial charge in [0.2, 0.25) is 11.5 Å². The first-order chi connectivity index (χ1) is 12.1. The molecule has 0 radical (unpaired) electrons. The van der Waals surface area contributed by atoms with Crippen LogP contribution in [0.25, 0.3) is 0 Å². The lowest BCUT2D eigenvalue weighted by Gasteiger charge is -2.30. The molecule has 1 aliphatic heterocycles. The van der Waals surface area contributed by atoms with Gasteiger partial charge in [0.05, 0.1) is 0 Å². The second-order valence-corrected chi connectivity index (χ2v) is 7.11. The Morgan fingerprint density at radius 3 is 2.81 bits per heavy atom. The van der Waals surface area contributed by atoms with Crippen LogP contribution in [0.1, 0.15) is 38.4 Å². The second-order valence-electron chi connectivity index (χ2n) is 7.11. The molecular formula is C17H27F3N4O2. The molecular weight excluding hydrogens is 349 g/mol. The molecule has 6 nitrogen and oxygen atoms in total. The number of aliphatic hydroxyl groups is 1. The number of imidazole rings is 1. The Morgan fingerprint density at radius 1 is 1.54 bits per heavy atom. The summed E-state index contributed by atoms with van der Waals surface area (Å²) in [7, 11) is 1.39. The lowest BCUT2D eigenvalue weighted by molar-refractivity contribution is -0.272. The number of hydrogen-bond acceptors (Lipinski definition) is 4. The van der Waals surface area contributed by atoms with Crippen LogP contribution in [0.5, 0.6) is 0 Å². The largest absolute Gasteiger partial charge is 0.424 e. The summed E-state index contributed by atoms with van der Waals surface area (Å²) >= 11 is 0. The van der Waals surface area contributed by atoms with Gasteiger partial charge in [0, 0.05) is 38.8 Å². The number of nitrogens with zero attached hydrogens (tertiary/aromatic N) is 2. The normalized spacial score (nSPS) is 21.8. The Morgan fingerprint density at radius 2 is 2.27 bits per heavy atom. The molecule has 1 aliphatic rings. The Balaban J connectivity index is 1.89. The van der Waals surface area contributed by atoms with Crippen molar-refractivity contribution in [3.63, 3.8) is 0 Å². The van der Waals surface area contributed by atoms with E-state index in [0.29, 0.717) is 5.92 Å². The van der Waals surface area contributed by atoms with Crippen molar-refractivity contribution in [1.82, 2.24) is 20.2 Å². The highest BCUT2D eigenvalue weighted by molar-refractivity contribution is 5.76. The molecule has 9 heteroatoms. The molecule has 1 saturated heterocycles. The van der Waals surface area contributed by atoms with Gasteiger partial charge in [-0.15, -0.1) is 0 Å². The molecule has 1 amide bonds. The summed E-state index contributed by atoms with van der Waals surface area (Å²) in [6, 6.07) is 0. The van der Waals surface area contributed by atoms with E-state index in [1.807, 2.05) is 6.92 Å². The number of piperidine rings is 1. The van der Waals surface area contributed by atoms with Crippen molar-refractivity contribution in [3.8, 4) is 0 Å². The summed E-state index contributed by atoms with van der Waals surface area (Å²) in [5, 5.41) is 16.0. The SMILES string of the molecule is CC(CC(=O)NCCC(O)(c1nccn1C)C(F)(F)F)C1CCCNC1. The van der Waals surface area contributed by atoms with Gasteiger partial charge in [-0.3, -0.25) is 4.79 Å². The zero-order chi connectivity index (χ0) is 19.4. The second kappa shape index (κ2) is 8.39. The number of aromatic nitrogens is 2. The van der Waals surface area contributed by atoms with Crippen LogP contribution in [0.15, 0.2) is 12.4 Å². The average molecular weight is 376 g/mol. The molecule has 1 aromatic heterocycles. The van der Waals surface area contributed by atoms with E-state index in [1.54, 1.807) is 0 Å². The van der Waals surface area contributed by atoms with E-state index in [2.05, 4.69) is 15.6 Å². The fraction of sp³-hybridized carbons (Fsp3) is 0.765. The highest BCUT2D eigenvalue weighted by Crippen LogP contribution is 2.40. The van der Waals surface area contributed by atoms with Gasteiger partial charge in [0.1, 0.15) is 5.82 Å². The number of halogens is 3. The van der Waals surface area contributed by atoms with Crippen LogP contribution in [0.2, 0.25) is 0 Å². The lowest BCUT2D eigenvalue weighted by atomic mass is 9.85. The number of hydrogen-bond donors (Lipinski definition) is 3. The van der Waals surface area contributed by atoms with Crippen molar-refractivity contribution >= 4 is 5.91 Å². The number of nitrogens with one attached hydrogen (secondary N) is 2. The van der Waals surface area contributed by atoms with Gasteiger partial charge in [0.15, 0.2) is 0 Å². The number of carbonyl (C=O) groups excluding carboxylic acids is 1. The van der Waals surface area contributed by atoms with Gasteiger partial charge in [0.25, 0.3) is 0 Å². The summed E-state index contributed by atoms with van der Waals surface area (Å²) in [6.07, 6.45) is -0.661. The van der Waals surface area contributed by atoms with Crippen molar-refractivity contribution in [1.29, 1.82) is 0 Å². The zero-order valence-corrected chi connectivity index (χ0v) is 15.1. The maximum atomic E-state index is 13.4. The molecule has 3 N–H and O–H groups in total. The van der Waals surface area contributed by atoms with Crippen LogP contribution < -0.4 is 10.6 Å². The molecule has 3 atom stereocenters. The summed E-state index contributed by atoms with van der Waals surface area (Å²) in [6.45, 7) is 3.55. The van der Waals surface area contributed by atoms with Crippen molar-refractivity contribution in [2.24, 2.45) is 18.9 Å². The van der Waals surface area contributed by atoms with Gasteiger partial charge < -0.3 is 20.3 Å². The molecule has 3 unspecified atom stereocenters. The number of amides is 1. The van der Waals surface area contributed by atoms with Gasteiger partial charge in [-0.25, -0.2) is 4.98 Å². The minimum absolute atomic E-state index is 0.152. The van der Waals surface area contributed by atoms with Crippen molar-refractivity contribution < 1.29 is 23.1 Å². The summed E-state index contributed by atoms with van der Waals surface area (Å²) in [4.78, 5) is 15.7. The van der Waals surface area contributed by atoms with Crippen LogP contribution in [0.3, 0.4) is 0 Å². The number of carbonyl (C=O) groups is 1. The minimum atomic E-state index is -4.89. The van der Waals surface area contributed by atoms with E-state index in [0.717, 1.165) is 30.5 Å². The molecule has 0 aromatic carbocycles. The Labute approximate surface area is 151 Å². The van der Waals surface area contributed by atoms with E-state index < -0.39 is 24.0 Å². The molecule has 2 rings (SSSR count). The molecule has 0 saturated carbocycles. The third kappa shape index (κ3) is 4.76. The highest BCUT2D eigenvalue weighted by Gasteiger charge is 2.57. The molecule has 1 aromatic rings. The van der Waals surface area contributed by atoms with Crippen LogP contribution in [-0.2, 0) is 17.4 Å². The Bertz CT molecular complexity index is 599. The summed E-state index contributed by atoms with van der Waals surface area (Å²) in [5.74, 6) is -0.235. The predicted octanol–water partition coefficient (Wildman–Crippen LogP) is 1.70. The first kappa shape index (κ1) is 20.7. The van der Waals surface area contributed by atoms with E-state index >= 15 is 0 Å². The fourth-order valence-corrected chi connectivity index (χ4v) is 3.42. The van der Waals surface area contributed by atoms with E-state index in [-0.39, 0.29) is 24.8 Å². The van der Waals surface area contributed by atoms with Gasteiger partial charge >= 0.3 is 6.18 Å². The Kier molecular flexibility index (Phi) is 6.68. The molecule has 26 heavy (non-hydrogen) atoms. The standard InChI is InChI=1S/C17H27F3N4O2/c1-12(13-4-3-6-21-11-13)10-14(25)22-7-5-16(26,17(18,19)20)15-23-8-9-24(15)2/h8-9,12-13,21,26H,3-7,10-11H2,1-2H3,(H,22,25). The van der Waals surface area contributed by atoms with Crippen LogP contribution in [0.4, 0.5) is 13.2 Å². The van der Waals surface area contributed by atoms with E-state index in [4.69, 9.17) is 0 Å². The topological polar surface area (TPSA) is 79.2 Å².